The van der Waals surface area contributed by atoms with Gasteiger partial charge in [0.05, 0.1) is 12.7 Å². The number of aliphatic hydroxyl groups excluding tert-OH is 1. The fourth-order valence-electron chi connectivity index (χ4n) is 1.60. The first-order valence-corrected chi connectivity index (χ1v) is 5.89. The van der Waals surface area contributed by atoms with E-state index in [0.29, 0.717) is 11.1 Å². The van der Waals surface area contributed by atoms with Gasteiger partial charge in [-0.05, 0) is 30.2 Å². The number of halogens is 5. The molecule has 0 saturated heterocycles. The molecule has 0 heterocycles. The lowest BCUT2D eigenvalue weighted by Crippen LogP contribution is -2.34. The number of rotatable bonds is 7. The molecule has 0 radical (unpaired) electrons. The Morgan fingerprint density at radius 3 is 2.50 bits per heavy atom. The molecule has 1 aromatic carbocycles. The van der Waals surface area contributed by atoms with Crippen LogP contribution in [0, 0.1) is 12.7 Å². The van der Waals surface area contributed by atoms with Crippen LogP contribution in [0.25, 0.3) is 0 Å². The highest BCUT2D eigenvalue weighted by Crippen LogP contribution is 2.23. The Morgan fingerprint density at radius 2 is 1.95 bits per heavy atom. The second kappa shape index (κ2) is 6.99. The number of ether oxygens (including phenoxy) is 1. The molecule has 0 fully saturated rings. The Morgan fingerprint density at radius 1 is 1.30 bits per heavy atom. The summed E-state index contributed by atoms with van der Waals surface area (Å²) < 4.78 is 66.0. The molecule has 0 amide bonds. The van der Waals surface area contributed by atoms with E-state index in [2.05, 4.69) is 4.74 Å². The van der Waals surface area contributed by atoms with Crippen LogP contribution in [0.2, 0.25) is 0 Å². The van der Waals surface area contributed by atoms with Gasteiger partial charge in [-0.15, -0.1) is 0 Å². The van der Waals surface area contributed by atoms with E-state index in [0.717, 1.165) is 0 Å². The lowest BCUT2D eigenvalue weighted by atomic mass is 10.0. The molecule has 7 heteroatoms. The van der Waals surface area contributed by atoms with E-state index in [1.165, 1.54) is 18.2 Å². The zero-order valence-electron chi connectivity index (χ0n) is 10.8. The normalized spacial score (nSPS) is 13.8. The van der Waals surface area contributed by atoms with Gasteiger partial charge in [0.1, 0.15) is 12.4 Å². The monoisotopic (exact) mass is 298 g/mol. The fraction of sp³-hybridized carbons (Fsp3) is 0.538. The van der Waals surface area contributed by atoms with Crippen LogP contribution in [0.5, 0.6) is 0 Å². The average molecular weight is 298 g/mol. The van der Waals surface area contributed by atoms with Gasteiger partial charge in [-0.3, -0.25) is 0 Å². The summed E-state index contributed by atoms with van der Waals surface area (Å²) >= 11 is 0. The maximum Gasteiger partial charge on any atom is 0.330 e. The molecule has 20 heavy (non-hydrogen) atoms. The second-order valence-electron chi connectivity index (χ2n) is 4.51. The number of alkyl halides is 4. The molecule has 2 nitrogen and oxygen atoms in total. The van der Waals surface area contributed by atoms with Crippen molar-refractivity contribution in [1.82, 2.24) is 0 Å². The van der Waals surface area contributed by atoms with Gasteiger partial charge in [0.15, 0.2) is 0 Å². The number of benzene rings is 1. The first-order valence-electron chi connectivity index (χ1n) is 5.89. The summed E-state index contributed by atoms with van der Waals surface area (Å²) in [6, 6.07) is 3.94. The van der Waals surface area contributed by atoms with Crippen molar-refractivity contribution in [2.24, 2.45) is 0 Å². The Balaban J connectivity index is 2.42. The van der Waals surface area contributed by atoms with Crippen molar-refractivity contribution in [3.63, 3.8) is 0 Å². The van der Waals surface area contributed by atoms with E-state index >= 15 is 0 Å². The lowest BCUT2D eigenvalue weighted by molar-refractivity contribution is -0.170. The van der Waals surface area contributed by atoms with Gasteiger partial charge in [-0.2, -0.15) is 8.78 Å². The molecule has 1 rings (SSSR count). The van der Waals surface area contributed by atoms with E-state index in [1.54, 1.807) is 6.92 Å². The van der Waals surface area contributed by atoms with Crippen molar-refractivity contribution < 1.29 is 31.8 Å². The predicted molar refractivity (Wildman–Crippen MR) is 62.6 cm³/mol. The first kappa shape index (κ1) is 16.8. The SMILES string of the molecule is Cc1cc(F)ccc1CC(O)COCC(F)(F)C(F)F. The third-order valence-electron chi connectivity index (χ3n) is 2.68. The summed E-state index contributed by atoms with van der Waals surface area (Å²) in [5, 5.41) is 9.58. The molecular formula is C13H15F5O2. The zero-order chi connectivity index (χ0) is 15.3. The maximum atomic E-state index is 12.9. The van der Waals surface area contributed by atoms with Gasteiger partial charge in [0.25, 0.3) is 0 Å². The highest BCUT2D eigenvalue weighted by molar-refractivity contribution is 5.27. The minimum absolute atomic E-state index is 0.0619. The molecule has 114 valence electrons. The van der Waals surface area contributed by atoms with E-state index < -0.39 is 37.5 Å². The number of aliphatic hydroxyl groups is 1. The highest BCUT2D eigenvalue weighted by Gasteiger charge is 2.41. The van der Waals surface area contributed by atoms with E-state index in [-0.39, 0.29) is 6.42 Å². The number of hydrogen-bond donors (Lipinski definition) is 1. The van der Waals surface area contributed by atoms with Gasteiger partial charge < -0.3 is 9.84 Å². The molecule has 1 aromatic rings. The Bertz CT molecular complexity index is 437. The number of hydrogen-bond acceptors (Lipinski definition) is 2. The van der Waals surface area contributed by atoms with Crippen molar-refractivity contribution in [1.29, 1.82) is 0 Å². The lowest BCUT2D eigenvalue weighted by Gasteiger charge is -2.17. The minimum Gasteiger partial charge on any atom is -0.390 e. The third kappa shape index (κ3) is 5.05. The van der Waals surface area contributed by atoms with E-state index in [1.807, 2.05) is 0 Å². The molecule has 0 aliphatic carbocycles. The largest absolute Gasteiger partial charge is 0.390 e. The van der Waals surface area contributed by atoms with Crippen LogP contribution in [0.4, 0.5) is 22.0 Å². The van der Waals surface area contributed by atoms with E-state index in [9.17, 15) is 27.1 Å². The molecule has 0 aliphatic heterocycles. The summed E-state index contributed by atoms with van der Waals surface area (Å²) in [7, 11) is 0. The van der Waals surface area contributed by atoms with E-state index in [4.69, 9.17) is 0 Å². The smallest absolute Gasteiger partial charge is 0.330 e. The zero-order valence-corrected chi connectivity index (χ0v) is 10.8. The third-order valence-corrected chi connectivity index (χ3v) is 2.68. The summed E-state index contributed by atoms with van der Waals surface area (Å²) in [6.45, 7) is -0.319. The quantitative estimate of drug-likeness (QED) is 0.784. The summed E-state index contributed by atoms with van der Waals surface area (Å²) in [5.74, 6) is -4.65. The minimum atomic E-state index is -4.23. The van der Waals surface area contributed by atoms with Crippen molar-refractivity contribution in [2.75, 3.05) is 13.2 Å². The molecule has 0 saturated carbocycles. The first-order chi connectivity index (χ1) is 9.22. The molecule has 0 bridgehead atoms. The van der Waals surface area contributed by atoms with Crippen LogP contribution < -0.4 is 0 Å². The maximum absolute atomic E-state index is 12.9. The Kier molecular flexibility index (Phi) is 5.88. The standard InChI is InChI=1S/C13H15F5O2/c1-8-4-10(14)3-2-9(8)5-11(19)6-20-7-13(17,18)12(15)16/h2-4,11-12,19H,5-7H2,1H3. The number of aryl methyl sites for hydroxylation is 1. The Labute approximate surface area is 113 Å². The molecule has 1 unspecified atom stereocenters. The summed E-state index contributed by atoms with van der Waals surface area (Å²) in [5.41, 5.74) is 1.23. The topological polar surface area (TPSA) is 29.5 Å². The van der Waals surface area contributed by atoms with Gasteiger partial charge in [-0.1, -0.05) is 6.07 Å². The summed E-state index contributed by atoms with van der Waals surface area (Å²) in [6.07, 6.45) is -4.88. The van der Waals surface area contributed by atoms with Crippen molar-refractivity contribution in [3.05, 3.63) is 35.1 Å². The highest BCUT2D eigenvalue weighted by atomic mass is 19.3. The van der Waals surface area contributed by atoms with Crippen LogP contribution in [0.1, 0.15) is 11.1 Å². The van der Waals surface area contributed by atoms with Crippen LogP contribution in [0.15, 0.2) is 18.2 Å². The van der Waals surface area contributed by atoms with Crippen molar-refractivity contribution in [2.45, 2.75) is 31.8 Å². The Hall–Kier alpha value is -1.21. The molecule has 1 atom stereocenters. The molecule has 1 N–H and O–H groups in total. The van der Waals surface area contributed by atoms with Gasteiger partial charge in [-0.25, -0.2) is 13.2 Å². The molecular weight excluding hydrogens is 283 g/mol. The van der Waals surface area contributed by atoms with Crippen molar-refractivity contribution in [3.8, 4) is 0 Å². The van der Waals surface area contributed by atoms with Gasteiger partial charge in [0, 0.05) is 6.42 Å². The van der Waals surface area contributed by atoms with Crippen LogP contribution in [0.3, 0.4) is 0 Å². The van der Waals surface area contributed by atoms with Gasteiger partial charge >= 0.3 is 12.3 Å². The van der Waals surface area contributed by atoms with Crippen LogP contribution in [-0.2, 0) is 11.2 Å². The second-order valence-corrected chi connectivity index (χ2v) is 4.51. The van der Waals surface area contributed by atoms with Crippen LogP contribution in [-0.4, -0.2) is 36.8 Å². The fourth-order valence-corrected chi connectivity index (χ4v) is 1.60. The molecule has 0 aliphatic rings. The average Bonchev–Trinajstić information content (AvgIpc) is 2.32. The molecule has 0 aromatic heterocycles. The molecule has 0 spiro atoms. The summed E-state index contributed by atoms with van der Waals surface area (Å²) in [4.78, 5) is 0. The predicted octanol–water partition coefficient (Wildman–Crippen LogP) is 2.95. The van der Waals surface area contributed by atoms with Gasteiger partial charge in [0.2, 0.25) is 0 Å². The van der Waals surface area contributed by atoms with Crippen LogP contribution >= 0.6 is 0 Å². The van der Waals surface area contributed by atoms with Crippen molar-refractivity contribution >= 4 is 0 Å².